The molecule has 32 heavy (non-hydrogen) atoms. The number of ether oxygens (including phenoxy) is 4. The van der Waals surface area contributed by atoms with Crippen molar-refractivity contribution in [3.8, 4) is 23.1 Å². The summed E-state index contributed by atoms with van der Waals surface area (Å²) in [5.41, 5.74) is 1.08. The van der Waals surface area contributed by atoms with Crippen molar-refractivity contribution in [3.05, 3.63) is 69.6 Å². The zero-order valence-corrected chi connectivity index (χ0v) is 18.8. The molecule has 0 N–H and O–H groups in total. The van der Waals surface area contributed by atoms with Gasteiger partial charge in [0.1, 0.15) is 23.0 Å². The molecular formula is C23H18BrNO7. The molecular weight excluding hydrogens is 482 g/mol. The van der Waals surface area contributed by atoms with Crippen molar-refractivity contribution >= 4 is 33.8 Å². The molecule has 0 fully saturated rings. The van der Waals surface area contributed by atoms with Crippen LogP contribution in [0.15, 0.2) is 57.2 Å². The number of hydrogen-bond donors (Lipinski definition) is 0. The molecule has 164 valence electrons. The zero-order chi connectivity index (χ0) is 22.7. The van der Waals surface area contributed by atoms with Crippen LogP contribution in [0.3, 0.4) is 0 Å². The standard InChI is InChI=1S/C23H18BrNO7/c1-28-18-7-3-14(24)9-13(18)10-20-23(27)17-6-4-15(11-19(17)31-20)30-22(26)8-5-16-12-21(29-2)25-32-16/h3-4,6-7,9-12H,5,8H2,1-2H3/b20-10-. The number of halogens is 1. The number of rotatable bonds is 7. The molecule has 0 bridgehead atoms. The number of allylic oxidation sites excluding steroid dienone is 1. The Hall–Kier alpha value is -3.59. The Morgan fingerprint density at radius 2 is 1.97 bits per heavy atom. The first kappa shape index (κ1) is 21.6. The molecule has 0 spiro atoms. The molecule has 0 amide bonds. The summed E-state index contributed by atoms with van der Waals surface area (Å²) in [6, 6.07) is 11.7. The monoisotopic (exact) mass is 499 g/mol. The van der Waals surface area contributed by atoms with Crippen LogP contribution in [-0.2, 0) is 11.2 Å². The Balaban J connectivity index is 1.44. The summed E-state index contributed by atoms with van der Waals surface area (Å²) in [4.78, 5) is 24.9. The van der Waals surface area contributed by atoms with Crippen molar-refractivity contribution in [2.75, 3.05) is 14.2 Å². The highest BCUT2D eigenvalue weighted by Gasteiger charge is 2.28. The molecule has 0 unspecified atom stereocenters. The molecule has 3 aromatic rings. The molecule has 0 saturated heterocycles. The van der Waals surface area contributed by atoms with Crippen LogP contribution < -0.4 is 18.9 Å². The summed E-state index contributed by atoms with van der Waals surface area (Å²) in [5, 5.41) is 3.68. The second-order valence-electron chi connectivity index (χ2n) is 6.79. The number of ketones is 1. The highest BCUT2D eigenvalue weighted by Crippen LogP contribution is 2.36. The van der Waals surface area contributed by atoms with Gasteiger partial charge in [0.2, 0.25) is 5.78 Å². The van der Waals surface area contributed by atoms with E-state index in [2.05, 4.69) is 21.1 Å². The van der Waals surface area contributed by atoms with Crippen LogP contribution >= 0.6 is 15.9 Å². The molecule has 9 heteroatoms. The Kier molecular flexibility index (Phi) is 6.27. The SMILES string of the molecule is COc1cc(CCC(=O)Oc2ccc3c(c2)O/C(=C\c2cc(Br)ccc2OC)C3=O)on1. The van der Waals surface area contributed by atoms with Crippen molar-refractivity contribution in [1.29, 1.82) is 0 Å². The van der Waals surface area contributed by atoms with E-state index >= 15 is 0 Å². The number of methoxy groups -OCH3 is 2. The highest BCUT2D eigenvalue weighted by atomic mass is 79.9. The molecule has 0 radical (unpaired) electrons. The van der Waals surface area contributed by atoms with E-state index in [1.165, 1.54) is 13.2 Å². The van der Waals surface area contributed by atoms with Crippen LogP contribution in [0.5, 0.6) is 23.1 Å². The first-order valence-electron chi connectivity index (χ1n) is 9.59. The predicted molar refractivity (Wildman–Crippen MR) is 117 cm³/mol. The fourth-order valence-electron chi connectivity index (χ4n) is 3.11. The van der Waals surface area contributed by atoms with Gasteiger partial charge in [0.15, 0.2) is 5.76 Å². The molecule has 4 rings (SSSR count). The lowest BCUT2D eigenvalue weighted by Crippen LogP contribution is -2.08. The summed E-state index contributed by atoms with van der Waals surface area (Å²) in [5.74, 6) is 1.49. The van der Waals surface area contributed by atoms with E-state index in [1.807, 2.05) is 12.1 Å². The van der Waals surface area contributed by atoms with Crippen molar-refractivity contribution in [2.24, 2.45) is 0 Å². The van der Waals surface area contributed by atoms with Gasteiger partial charge in [0, 0.05) is 28.6 Å². The third-order valence-corrected chi connectivity index (χ3v) is 5.17. The Morgan fingerprint density at radius 3 is 2.72 bits per heavy atom. The van der Waals surface area contributed by atoms with E-state index in [4.69, 9.17) is 23.5 Å². The topological polar surface area (TPSA) is 97.1 Å². The van der Waals surface area contributed by atoms with Crippen LogP contribution in [0, 0.1) is 0 Å². The quantitative estimate of drug-likeness (QED) is 0.264. The molecule has 1 aliphatic rings. The Labute approximate surface area is 191 Å². The van der Waals surface area contributed by atoms with E-state index < -0.39 is 5.97 Å². The molecule has 1 aliphatic heterocycles. The van der Waals surface area contributed by atoms with Crippen LogP contribution in [-0.4, -0.2) is 31.1 Å². The second-order valence-corrected chi connectivity index (χ2v) is 7.71. The van der Waals surface area contributed by atoms with Crippen molar-refractivity contribution in [2.45, 2.75) is 12.8 Å². The fourth-order valence-corrected chi connectivity index (χ4v) is 3.48. The zero-order valence-electron chi connectivity index (χ0n) is 17.2. The number of esters is 1. The van der Waals surface area contributed by atoms with Gasteiger partial charge in [0.25, 0.3) is 5.88 Å². The first-order chi connectivity index (χ1) is 15.5. The highest BCUT2D eigenvalue weighted by molar-refractivity contribution is 9.10. The van der Waals surface area contributed by atoms with E-state index in [9.17, 15) is 9.59 Å². The lowest BCUT2D eigenvalue weighted by molar-refractivity contribution is -0.134. The average Bonchev–Trinajstić information content (AvgIpc) is 3.37. The maximum absolute atomic E-state index is 12.7. The van der Waals surface area contributed by atoms with E-state index in [0.29, 0.717) is 40.7 Å². The van der Waals surface area contributed by atoms with Crippen LogP contribution in [0.25, 0.3) is 6.08 Å². The van der Waals surface area contributed by atoms with Gasteiger partial charge in [-0.15, -0.1) is 0 Å². The van der Waals surface area contributed by atoms with E-state index in [1.54, 1.807) is 37.5 Å². The summed E-state index contributed by atoms with van der Waals surface area (Å²) in [6.45, 7) is 0. The lowest BCUT2D eigenvalue weighted by atomic mass is 10.1. The Morgan fingerprint density at radius 1 is 1.12 bits per heavy atom. The van der Waals surface area contributed by atoms with Gasteiger partial charge in [0.05, 0.1) is 26.2 Å². The first-order valence-corrected chi connectivity index (χ1v) is 10.4. The van der Waals surface area contributed by atoms with Gasteiger partial charge in [-0.2, -0.15) is 0 Å². The second kappa shape index (κ2) is 9.27. The van der Waals surface area contributed by atoms with E-state index in [0.717, 1.165) is 4.47 Å². The number of aromatic nitrogens is 1. The minimum absolute atomic E-state index is 0.0864. The van der Waals surface area contributed by atoms with Gasteiger partial charge in [-0.25, -0.2) is 0 Å². The number of fused-ring (bicyclic) bond motifs is 1. The van der Waals surface area contributed by atoms with Gasteiger partial charge in [-0.1, -0.05) is 15.9 Å². The number of nitrogens with zero attached hydrogens (tertiary/aromatic N) is 1. The molecule has 0 atom stereocenters. The molecule has 2 aromatic carbocycles. The molecule has 8 nitrogen and oxygen atoms in total. The number of aryl methyl sites for hydroxylation is 1. The van der Waals surface area contributed by atoms with Crippen molar-refractivity contribution in [3.63, 3.8) is 0 Å². The Bertz CT molecular complexity index is 1210. The van der Waals surface area contributed by atoms with Gasteiger partial charge < -0.3 is 23.5 Å². The van der Waals surface area contributed by atoms with Gasteiger partial charge in [-0.3, -0.25) is 9.59 Å². The summed E-state index contributed by atoms with van der Waals surface area (Å²) in [7, 11) is 3.03. The number of Topliss-reactive ketones (excluding diaryl/α,β-unsaturated/α-hetero) is 1. The summed E-state index contributed by atoms with van der Waals surface area (Å²) in [6.07, 6.45) is 2.02. The van der Waals surface area contributed by atoms with Gasteiger partial charge >= 0.3 is 5.97 Å². The minimum atomic E-state index is -0.459. The van der Waals surface area contributed by atoms with Crippen LogP contribution in [0.4, 0.5) is 0 Å². The number of carbonyl (C=O) groups excluding carboxylic acids is 2. The maximum Gasteiger partial charge on any atom is 0.311 e. The lowest BCUT2D eigenvalue weighted by Gasteiger charge is -2.06. The van der Waals surface area contributed by atoms with Crippen LogP contribution in [0.2, 0.25) is 0 Å². The molecule has 2 heterocycles. The van der Waals surface area contributed by atoms with E-state index in [-0.39, 0.29) is 23.7 Å². The number of benzene rings is 2. The van der Waals surface area contributed by atoms with Crippen molar-refractivity contribution < 1.29 is 33.1 Å². The molecule has 1 aromatic heterocycles. The summed E-state index contributed by atoms with van der Waals surface area (Å²) >= 11 is 3.41. The van der Waals surface area contributed by atoms with Crippen molar-refractivity contribution in [1.82, 2.24) is 5.16 Å². The summed E-state index contributed by atoms with van der Waals surface area (Å²) < 4.78 is 27.3. The normalized spacial score (nSPS) is 13.6. The van der Waals surface area contributed by atoms with Gasteiger partial charge in [-0.05, 0) is 41.6 Å². The number of carbonyl (C=O) groups is 2. The third kappa shape index (κ3) is 4.67. The number of hydrogen-bond acceptors (Lipinski definition) is 8. The largest absolute Gasteiger partial charge is 0.496 e. The molecule has 0 saturated carbocycles. The fraction of sp³-hybridized carbons (Fsp3) is 0.174. The van der Waals surface area contributed by atoms with Crippen LogP contribution in [0.1, 0.15) is 28.1 Å². The maximum atomic E-state index is 12.7. The minimum Gasteiger partial charge on any atom is -0.496 e. The predicted octanol–water partition coefficient (Wildman–Crippen LogP) is 4.61. The molecule has 0 aliphatic carbocycles. The average molecular weight is 500 g/mol. The third-order valence-electron chi connectivity index (χ3n) is 4.67. The smallest absolute Gasteiger partial charge is 0.311 e.